The molecule has 2 saturated heterocycles. The molecule has 8 heteroatoms. The molecule has 168 valence electrons. The molecule has 0 N–H and O–H groups in total. The SMILES string of the molecule is COc1ccc(N2CCN(C(=O)CC3SC(=S)N(CCc4ccccc4)C3=O)CC2)cc1. The Hall–Kier alpha value is -2.58. The highest BCUT2D eigenvalue weighted by atomic mass is 32.2. The average Bonchev–Trinajstić information content (AvgIpc) is 3.10. The van der Waals surface area contributed by atoms with Gasteiger partial charge in [-0.25, -0.2) is 0 Å². The van der Waals surface area contributed by atoms with Gasteiger partial charge in [-0.05, 0) is 36.2 Å². The molecule has 32 heavy (non-hydrogen) atoms. The molecule has 2 aromatic rings. The van der Waals surface area contributed by atoms with Gasteiger partial charge in [-0.1, -0.05) is 54.3 Å². The second-order valence-corrected chi connectivity index (χ2v) is 9.70. The fourth-order valence-corrected chi connectivity index (χ4v) is 5.55. The molecule has 2 heterocycles. The van der Waals surface area contributed by atoms with Gasteiger partial charge in [0.1, 0.15) is 10.1 Å². The number of amides is 2. The van der Waals surface area contributed by atoms with Crippen molar-refractivity contribution >= 4 is 45.8 Å². The van der Waals surface area contributed by atoms with E-state index in [-0.39, 0.29) is 18.2 Å². The third-order valence-electron chi connectivity index (χ3n) is 5.90. The van der Waals surface area contributed by atoms with Gasteiger partial charge in [0.2, 0.25) is 11.8 Å². The van der Waals surface area contributed by atoms with Crippen LogP contribution < -0.4 is 9.64 Å². The summed E-state index contributed by atoms with van der Waals surface area (Å²) in [4.78, 5) is 31.5. The fraction of sp³-hybridized carbons (Fsp3) is 0.375. The van der Waals surface area contributed by atoms with Gasteiger partial charge in [0.25, 0.3) is 0 Å². The van der Waals surface area contributed by atoms with Gasteiger partial charge >= 0.3 is 0 Å². The lowest BCUT2D eigenvalue weighted by molar-refractivity contribution is -0.134. The zero-order valence-corrected chi connectivity index (χ0v) is 19.7. The van der Waals surface area contributed by atoms with Crippen LogP contribution >= 0.6 is 24.0 Å². The van der Waals surface area contributed by atoms with Crippen molar-refractivity contribution in [3.63, 3.8) is 0 Å². The van der Waals surface area contributed by atoms with Crippen LogP contribution in [0.2, 0.25) is 0 Å². The molecule has 2 aliphatic heterocycles. The molecule has 1 unspecified atom stereocenters. The second kappa shape index (κ2) is 10.4. The monoisotopic (exact) mass is 469 g/mol. The number of nitrogens with zero attached hydrogens (tertiary/aromatic N) is 3. The number of carbonyl (C=O) groups is 2. The first-order valence-corrected chi connectivity index (χ1v) is 12.1. The van der Waals surface area contributed by atoms with E-state index in [2.05, 4.69) is 4.90 Å². The maximum atomic E-state index is 12.9. The Morgan fingerprint density at radius 3 is 2.41 bits per heavy atom. The minimum Gasteiger partial charge on any atom is -0.497 e. The smallest absolute Gasteiger partial charge is 0.242 e. The summed E-state index contributed by atoms with van der Waals surface area (Å²) in [5.41, 5.74) is 2.29. The van der Waals surface area contributed by atoms with E-state index in [9.17, 15) is 9.59 Å². The number of hydrogen-bond acceptors (Lipinski definition) is 6. The molecule has 2 aromatic carbocycles. The van der Waals surface area contributed by atoms with Gasteiger partial charge in [0.05, 0.1) is 12.4 Å². The quantitative estimate of drug-likeness (QED) is 0.581. The first-order valence-electron chi connectivity index (χ1n) is 10.8. The number of carbonyl (C=O) groups excluding carboxylic acids is 2. The van der Waals surface area contributed by atoms with E-state index in [0.29, 0.717) is 24.0 Å². The lowest BCUT2D eigenvalue weighted by Crippen LogP contribution is -2.49. The maximum Gasteiger partial charge on any atom is 0.242 e. The Labute approximate surface area is 198 Å². The van der Waals surface area contributed by atoms with Crippen LogP contribution in [0.1, 0.15) is 12.0 Å². The number of anilines is 1. The molecule has 2 aliphatic rings. The first-order chi connectivity index (χ1) is 15.5. The molecule has 0 saturated carbocycles. The Balaban J connectivity index is 1.26. The zero-order valence-electron chi connectivity index (χ0n) is 18.1. The Morgan fingerprint density at radius 1 is 1.06 bits per heavy atom. The summed E-state index contributed by atoms with van der Waals surface area (Å²) in [6.45, 7) is 3.40. The summed E-state index contributed by atoms with van der Waals surface area (Å²) in [6.07, 6.45) is 0.954. The summed E-state index contributed by atoms with van der Waals surface area (Å²) in [5.74, 6) is 0.816. The minimum atomic E-state index is -0.412. The summed E-state index contributed by atoms with van der Waals surface area (Å²) in [6, 6.07) is 18.0. The number of methoxy groups -OCH3 is 1. The van der Waals surface area contributed by atoms with Crippen molar-refractivity contribution in [1.29, 1.82) is 0 Å². The van der Waals surface area contributed by atoms with E-state index in [1.807, 2.05) is 59.5 Å². The van der Waals surface area contributed by atoms with Crippen molar-refractivity contribution in [3.8, 4) is 5.75 Å². The van der Waals surface area contributed by atoms with Crippen LogP contribution in [0.4, 0.5) is 5.69 Å². The van der Waals surface area contributed by atoms with Crippen molar-refractivity contribution in [3.05, 3.63) is 60.2 Å². The largest absolute Gasteiger partial charge is 0.497 e. The summed E-state index contributed by atoms with van der Waals surface area (Å²) in [5, 5.41) is -0.412. The minimum absolute atomic E-state index is 0.0259. The van der Waals surface area contributed by atoms with Crippen LogP contribution in [0.15, 0.2) is 54.6 Å². The number of hydrogen-bond donors (Lipinski definition) is 0. The number of piperazine rings is 1. The standard InChI is InChI=1S/C24H27N3O3S2/c1-30-20-9-7-19(8-10-20)25-13-15-26(16-14-25)22(28)17-21-23(29)27(24(31)32-21)12-11-18-5-3-2-4-6-18/h2-10,21H,11-17H2,1H3. The number of ether oxygens (including phenoxy) is 1. The molecule has 0 radical (unpaired) electrons. The van der Waals surface area contributed by atoms with Crippen LogP contribution in [0.25, 0.3) is 0 Å². The number of rotatable bonds is 7. The highest BCUT2D eigenvalue weighted by Gasteiger charge is 2.38. The second-order valence-electron chi connectivity index (χ2n) is 7.87. The predicted molar refractivity (Wildman–Crippen MR) is 132 cm³/mol. The molecule has 4 rings (SSSR count). The van der Waals surface area contributed by atoms with E-state index >= 15 is 0 Å². The van der Waals surface area contributed by atoms with Crippen LogP contribution in [0.5, 0.6) is 5.75 Å². The highest BCUT2D eigenvalue weighted by molar-refractivity contribution is 8.24. The van der Waals surface area contributed by atoms with E-state index < -0.39 is 5.25 Å². The lowest BCUT2D eigenvalue weighted by Gasteiger charge is -2.36. The molecular weight excluding hydrogens is 442 g/mol. The Morgan fingerprint density at radius 2 is 1.75 bits per heavy atom. The molecule has 2 amide bonds. The molecule has 6 nitrogen and oxygen atoms in total. The normalized spacial score (nSPS) is 18.9. The summed E-state index contributed by atoms with van der Waals surface area (Å²) >= 11 is 6.78. The highest BCUT2D eigenvalue weighted by Crippen LogP contribution is 2.30. The third-order valence-corrected chi connectivity index (χ3v) is 7.49. The summed E-state index contributed by atoms with van der Waals surface area (Å²) in [7, 11) is 1.65. The van der Waals surface area contributed by atoms with Gasteiger partial charge in [-0.2, -0.15) is 0 Å². The number of benzene rings is 2. The fourth-order valence-electron chi connectivity index (χ4n) is 4.01. The lowest BCUT2D eigenvalue weighted by atomic mass is 10.1. The van der Waals surface area contributed by atoms with Crippen LogP contribution in [-0.2, 0) is 16.0 Å². The van der Waals surface area contributed by atoms with Crippen molar-refractivity contribution in [2.24, 2.45) is 0 Å². The van der Waals surface area contributed by atoms with Crippen LogP contribution in [-0.4, -0.2) is 71.0 Å². The molecule has 0 aromatic heterocycles. The molecule has 0 bridgehead atoms. The van der Waals surface area contributed by atoms with Crippen molar-refractivity contribution in [2.45, 2.75) is 18.1 Å². The van der Waals surface area contributed by atoms with Crippen molar-refractivity contribution < 1.29 is 14.3 Å². The molecular formula is C24H27N3O3S2. The number of thioether (sulfide) groups is 1. The zero-order chi connectivity index (χ0) is 22.5. The van der Waals surface area contributed by atoms with Crippen LogP contribution in [0.3, 0.4) is 0 Å². The van der Waals surface area contributed by atoms with Gasteiger partial charge in [-0.3, -0.25) is 14.5 Å². The molecule has 0 spiro atoms. The van der Waals surface area contributed by atoms with Gasteiger partial charge in [0, 0.05) is 44.8 Å². The van der Waals surface area contributed by atoms with Gasteiger partial charge < -0.3 is 14.5 Å². The Bertz CT molecular complexity index is 960. The van der Waals surface area contributed by atoms with E-state index in [1.54, 1.807) is 12.0 Å². The van der Waals surface area contributed by atoms with Crippen LogP contribution in [0, 0.1) is 0 Å². The number of thiocarbonyl (C=S) groups is 1. The Kier molecular flexibility index (Phi) is 7.32. The van der Waals surface area contributed by atoms with E-state index in [0.717, 1.165) is 30.9 Å². The summed E-state index contributed by atoms with van der Waals surface area (Å²) < 4.78 is 5.79. The third kappa shape index (κ3) is 5.24. The topological polar surface area (TPSA) is 53.1 Å². The molecule has 0 aliphatic carbocycles. The van der Waals surface area contributed by atoms with Crippen molar-refractivity contribution in [1.82, 2.24) is 9.80 Å². The average molecular weight is 470 g/mol. The molecule has 2 fully saturated rings. The van der Waals surface area contributed by atoms with E-state index in [1.165, 1.54) is 17.3 Å². The maximum absolute atomic E-state index is 12.9. The van der Waals surface area contributed by atoms with Crippen molar-refractivity contribution in [2.75, 3.05) is 44.7 Å². The van der Waals surface area contributed by atoms with Gasteiger partial charge in [0.15, 0.2) is 0 Å². The first kappa shape index (κ1) is 22.6. The predicted octanol–water partition coefficient (Wildman–Crippen LogP) is 3.21. The van der Waals surface area contributed by atoms with Gasteiger partial charge in [-0.15, -0.1) is 0 Å². The molecule has 1 atom stereocenters. The van der Waals surface area contributed by atoms with E-state index in [4.69, 9.17) is 17.0 Å².